The maximum atomic E-state index is 5.70. The summed E-state index contributed by atoms with van der Waals surface area (Å²) in [6.07, 6.45) is 4.13. The molecular formula is C8H16O. The molecule has 0 radical (unpaired) electrons. The Kier molecular flexibility index (Phi) is 1.80. The third kappa shape index (κ3) is 1.45. The zero-order valence-corrected chi connectivity index (χ0v) is 6.61. The van der Waals surface area contributed by atoms with E-state index in [0.717, 1.165) is 6.42 Å². The highest BCUT2D eigenvalue weighted by Crippen LogP contribution is 2.31. The van der Waals surface area contributed by atoms with Gasteiger partial charge < -0.3 is 4.74 Å². The van der Waals surface area contributed by atoms with Crippen molar-refractivity contribution in [2.75, 3.05) is 0 Å². The van der Waals surface area contributed by atoms with E-state index in [9.17, 15) is 0 Å². The summed E-state index contributed by atoms with van der Waals surface area (Å²) in [5, 5.41) is 0. The standard InChI is InChI=1S/C8H16O/c1-4-8(3)6-5-7(2)9-8/h7H,4-6H2,1-3H3/t7-,8+/m1/s1. The van der Waals surface area contributed by atoms with Crippen LogP contribution in [0.5, 0.6) is 0 Å². The Morgan fingerprint density at radius 2 is 2.33 bits per heavy atom. The minimum Gasteiger partial charge on any atom is -0.372 e. The first-order valence-corrected chi connectivity index (χ1v) is 3.84. The monoisotopic (exact) mass is 128 g/mol. The van der Waals surface area contributed by atoms with Crippen LogP contribution in [0.1, 0.15) is 40.0 Å². The van der Waals surface area contributed by atoms with E-state index in [-0.39, 0.29) is 5.60 Å². The Bertz CT molecular complexity index is 101. The lowest BCUT2D eigenvalue weighted by Gasteiger charge is -2.21. The highest BCUT2D eigenvalue weighted by atomic mass is 16.5. The Balaban J connectivity index is 2.45. The predicted octanol–water partition coefficient (Wildman–Crippen LogP) is 2.35. The van der Waals surface area contributed by atoms with Gasteiger partial charge in [0.05, 0.1) is 11.7 Å². The van der Waals surface area contributed by atoms with Crippen LogP contribution in [0, 0.1) is 0 Å². The van der Waals surface area contributed by atoms with Crippen molar-refractivity contribution in [3.05, 3.63) is 0 Å². The second-order valence-corrected chi connectivity index (χ2v) is 3.27. The molecule has 1 aliphatic rings. The third-order valence-electron chi connectivity index (χ3n) is 2.31. The van der Waals surface area contributed by atoms with Gasteiger partial charge in [-0.15, -0.1) is 0 Å². The largest absolute Gasteiger partial charge is 0.372 e. The molecule has 1 aliphatic heterocycles. The molecule has 0 amide bonds. The summed E-state index contributed by atoms with van der Waals surface area (Å²) in [5.41, 5.74) is 0.208. The lowest BCUT2D eigenvalue weighted by atomic mass is 10.00. The van der Waals surface area contributed by atoms with Crippen molar-refractivity contribution in [3.8, 4) is 0 Å². The molecule has 2 atom stereocenters. The molecule has 0 saturated carbocycles. The highest BCUT2D eigenvalue weighted by molar-refractivity contribution is 4.81. The molecule has 0 aliphatic carbocycles. The molecule has 0 unspecified atom stereocenters. The summed E-state index contributed by atoms with van der Waals surface area (Å²) in [6, 6.07) is 0. The third-order valence-corrected chi connectivity index (χ3v) is 2.31. The average molecular weight is 128 g/mol. The minimum atomic E-state index is 0.208. The molecule has 0 N–H and O–H groups in total. The lowest BCUT2D eigenvalue weighted by Crippen LogP contribution is -2.22. The number of hydrogen-bond acceptors (Lipinski definition) is 1. The molecule has 1 heterocycles. The summed E-state index contributed by atoms with van der Waals surface area (Å²) in [7, 11) is 0. The van der Waals surface area contributed by atoms with Crippen molar-refractivity contribution in [1.82, 2.24) is 0 Å². The van der Waals surface area contributed by atoms with Crippen LogP contribution in [0.2, 0.25) is 0 Å². The molecule has 1 nitrogen and oxygen atoms in total. The van der Waals surface area contributed by atoms with E-state index in [2.05, 4.69) is 20.8 Å². The maximum Gasteiger partial charge on any atom is 0.0656 e. The fourth-order valence-electron chi connectivity index (χ4n) is 1.37. The second kappa shape index (κ2) is 2.30. The van der Waals surface area contributed by atoms with Crippen LogP contribution in [0.4, 0.5) is 0 Å². The first-order valence-electron chi connectivity index (χ1n) is 3.84. The lowest BCUT2D eigenvalue weighted by molar-refractivity contribution is -0.0227. The summed E-state index contributed by atoms with van der Waals surface area (Å²) < 4.78 is 5.70. The minimum absolute atomic E-state index is 0.208. The van der Waals surface area contributed by atoms with E-state index in [1.165, 1.54) is 12.8 Å². The van der Waals surface area contributed by atoms with Crippen molar-refractivity contribution in [2.24, 2.45) is 0 Å². The van der Waals surface area contributed by atoms with Crippen LogP contribution in [0.25, 0.3) is 0 Å². The van der Waals surface area contributed by atoms with E-state index in [1.807, 2.05) is 0 Å². The molecule has 9 heavy (non-hydrogen) atoms. The fourth-order valence-corrected chi connectivity index (χ4v) is 1.37. The van der Waals surface area contributed by atoms with Gasteiger partial charge in [-0.3, -0.25) is 0 Å². The highest BCUT2D eigenvalue weighted by Gasteiger charge is 2.31. The Labute approximate surface area is 57.4 Å². The topological polar surface area (TPSA) is 9.23 Å². The van der Waals surface area contributed by atoms with Crippen molar-refractivity contribution in [1.29, 1.82) is 0 Å². The van der Waals surface area contributed by atoms with Crippen LogP contribution in [-0.2, 0) is 4.74 Å². The zero-order chi connectivity index (χ0) is 6.91. The number of rotatable bonds is 1. The van der Waals surface area contributed by atoms with Crippen molar-refractivity contribution < 1.29 is 4.74 Å². The molecule has 0 spiro atoms. The van der Waals surface area contributed by atoms with Gasteiger partial charge in [0.2, 0.25) is 0 Å². The van der Waals surface area contributed by atoms with Crippen molar-refractivity contribution in [3.63, 3.8) is 0 Å². The number of hydrogen-bond donors (Lipinski definition) is 0. The molecule has 1 saturated heterocycles. The molecule has 0 aromatic rings. The molecule has 0 aromatic carbocycles. The van der Waals surface area contributed by atoms with E-state index in [0.29, 0.717) is 6.10 Å². The van der Waals surface area contributed by atoms with E-state index < -0.39 is 0 Å². The van der Waals surface area contributed by atoms with Gasteiger partial charge in [-0.25, -0.2) is 0 Å². The molecule has 0 bridgehead atoms. The normalized spacial score (nSPS) is 43.7. The van der Waals surface area contributed by atoms with Crippen molar-refractivity contribution in [2.45, 2.75) is 51.7 Å². The van der Waals surface area contributed by atoms with Gasteiger partial charge in [0.1, 0.15) is 0 Å². The van der Waals surface area contributed by atoms with E-state index in [4.69, 9.17) is 4.74 Å². The maximum absolute atomic E-state index is 5.70. The summed E-state index contributed by atoms with van der Waals surface area (Å²) in [6.45, 7) is 6.55. The molecule has 0 aromatic heterocycles. The van der Waals surface area contributed by atoms with Gasteiger partial charge in [0.15, 0.2) is 0 Å². The molecular weight excluding hydrogens is 112 g/mol. The zero-order valence-electron chi connectivity index (χ0n) is 6.61. The first kappa shape index (κ1) is 7.07. The first-order chi connectivity index (χ1) is 4.16. The predicted molar refractivity (Wildman–Crippen MR) is 38.5 cm³/mol. The van der Waals surface area contributed by atoms with E-state index in [1.54, 1.807) is 0 Å². The van der Waals surface area contributed by atoms with Crippen LogP contribution in [0.3, 0.4) is 0 Å². The van der Waals surface area contributed by atoms with Crippen LogP contribution < -0.4 is 0 Å². The summed E-state index contributed by atoms with van der Waals surface area (Å²) in [5.74, 6) is 0. The van der Waals surface area contributed by atoms with Crippen LogP contribution >= 0.6 is 0 Å². The number of ether oxygens (including phenoxy) is 1. The second-order valence-electron chi connectivity index (χ2n) is 3.27. The molecule has 1 fully saturated rings. The summed E-state index contributed by atoms with van der Waals surface area (Å²) >= 11 is 0. The quantitative estimate of drug-likeness (QED) is 0.526. The fraction of sp³-hybridized carbons (Fsp3) is 1.00. The molecule has 54 valence electrons. The van der Waals surface area contributed by atoms with Crippen molar-refractivity contribution >= 4 is 0 Å². The van der Waals surface area contributed by atoms with Gasteiger partial charge in [-0.2, -0.15) is 0 Å². The Hall–Kier alpha value is -0.0400. The van der Waals surface area contributed by atoms with Gasteiger partial charge >= 0.3 is 0 Å². The van der Waals surface area contributed by atoms with E-state index >= 15 is 0 Å². The Morgan fingerprint density at radius 1 is 1.67 bits per heavy atom. The van der Waals surface area contributed by atoms with Gasteiger partial charge in [0, 0.05) is 0 Å². The van der Waals surface area contributed by atoms with Gasteiger partial charge in [-0.1, -0.05) is 6.92 Å². The average Bonchev–Trinajstić information content (AvgIpc) is 2.13. The van der Waals surface area contributed by atoms with Gasteiger partial charge in [0.25, 0.3) is 0 Å². The summed E-state index contributed by atoms with van der Waals surface area (Å²) in [4.78, 5) is 0. The van der Waals surface area contributed by atoms with Crippen LogP contribution in [0.15, 0.2) is 0 Å². The molecule has 1 heteroatoms. The van der Waals surface area contributed by atoms with Crippen LogP contribution in [-0.4, -0.2) is 11.7 Å². The SMILES string of the molecule is CC[C@@]1(C)CC[C@@H](C)O1. The van der Waals surface area contributed by atoms with Gasteiger partial charge in [-0.05, 0) is 33.1 Å². The molecule has 1 rings (SSSR count). The smallest absolute Gasteiger partial charge is 0.0656 e. The Morgan fingerprint density at radius 3 is 2.56 bits per heavy atom.